The summed E-state index contributed by atoms with van der Waals surface area (Å²) in [5, 5.41) is 0. The van der Waals surface area contributed by atoms with E-state index in [2.05, 4.69) is 75.5 Å². The third kappa shape index (κ3) is 49.0. The molecular weight excluding hydrogens is 781 g/mol. The second-order valence-corrected chi connectivity index (χ2v) is 16.5. The fourth-order valence-corrected chi connectivity index (χ4v) is 6.55. The molecule has 6 heteroatoms. The SMILES string of the molecule is CC\C=C/C=C\C=C/C=C\C=C/CCCC(=O)OCC(COC(=O)CCCCCCCCC/C=C\C/C=C\CCCCC)OC(=O)CCCCCCCC/C=C\C=C/CCCCC. The van der Waals surface area contributed by atoms with Crippen molar-refractivity contribution in [3.05, 3.63) is 109 Å². The number of rotatable bonds is 44. The van der Waals surface area contributed by atoms with Crippen LogP contribution in [0.3, 0.4) is 0 Å². The molecule has 1 unspecified atom stereocenters. The van der Waals surface area contributed by atoms with Gasteiger partial charge in [0.05, 0.1) is 0 Å². The summed E-state index contributed by atoms with van der Waals surface area (Å²) in [4.78, 5) is 37.9. The van der Waals surface area contributed by atoms with Gasteiger partial charge in [0, 0.05) is 19.3 Å². The quantitative estimate of drug-likeness (QED) is 0.0199. The van der Waals surface area contributed by atoms with Crippen molar-refractivity contribution in [2.24, 2.45) is 0 Å². The van der Waals surface area contributed by atoms with E-state index < -0.39 is 6.10 Å². The van der Waals surface area contributed by atoms with Gasteiger partial charge in [-0.15, -0.1) is 0 Å². The van der Waals surface area contributed by atoms with Gasteiger partial charge in [-0.05, 0) is 89.9 Å². The van der Waals surface area contributed by atoms with Crippen molar-refractivity contribution in [2.75, 3.05) is 13.2 Å². The monoisotopic (exact) mass is 873 g/mol. The van der Waals surface area contributed by atoms with Gasteiger partial charge in [0.25, 0.3) is 0 Å². The molecule has 0 radical (unpaired) electrons. The van der Waals surface area contributed by atoms with Crippen LogP contribution < -0.4 is 0 Å². The van der Waals surface area contributed by atoms with Crippen LogP contribution in [0.1, 0.15) is 213 Å². The average Bonchev–Trinajstić information content (AvgIpc) is 3.28. The Morgan fingerprint density at radius 2 is 0.698 bits per heavy atom. The van der Waals surface area contributed by atoms with Crippen LogP contribution in [0.5, 0.6) is 0 Å². The predicted molar refractivity (Wildman–Crippen MR) is 270 cm³/mol. The first-order valence-electron chi connectivity index (χ1n) is 25.5. The Bertz CT molecular complexity index is 1330. The Kier molecular flexibility index (Phi) is 47.5. The van der Waals surface area contributed by atoms with Gasteiger partial charge < -0.3 is 14.2 Å². The van der Waals surface area contributed by atoms with Gasteiger partial charge in [0.15, 0.2) is 6.10 Å². The Balaban J connectivity index is 4.52. The van der Waals surface area contributed by atoms with Crippen LogP contribution in [0.15, 0.2) is 109 Å². The van der Waals surface area contributed by atoms with Gasteiger partial charge >= 0.3 is 17.9 Å². The van der Waals surface area contributed by atoms with Crippen molar-refractivity contribution in [1.29, 1.82) is 0 Å². The minimum absolute atomic E-state index is 0.112. The summed E-state index contributed by atoms with van der Waals surface area (Å²) in [5.41, 5.74) is 0. The van der Waals surface area contributed by atoms with Crippen LogP contribution in [0.4, 0.5) is 0 Å². The number of hydrogen-bond donors (Lipinski definition) is 0. The van der Waals surface area contributed by atoms with Crippen molar-refractivity contribution < 1.29 is 28.6 Å². The standard InChI is InChI=1S/C57H92O6/c1-4-7-10-13-16-19-22-25-27-28-30-32-35-38-41-44-47-50-56(59)62-53-54(52-61-55(58)49-46-43-40-37-34-31-24-21-18-15-12-9-6-3)63-57(60)51-48-45-42-39-36-33-29-26-23-20-17-14-11-8-5-2/h9,12,15-21,23-27,31,34,37,40,54H,4-8,10-11,13-14,22,28-30,32-33,35-36,38-39,41-53H2,1-3H3/b12-9-,18-15-,19-16-,20-17-,24-21-,26-23-,27-25-,34-31-,40-37-. The lowest BCUT2D eigenvalue weighted by molar-refractivity contribution is -0.167. The van der Waals surface area contributed by atoms with Gasteiger partial charge in [-0.3, -0.25) is 14.4 Å². The molecule has 0 spiro atoms. The van der Waals surface area contributed by atoms with E-state index in [4.69, 9.17) is 14.2 Å². The average molecular weight is 873 g/mol. The van der Waals surface area contributed by atoms with E-state index in [1.165, 1.54) is 83.5 Å². The smallest absolute Gasteiger partial charge is 0.306 e. The minimum Gasteiger partial charge on any atom is -0.462 e. The fraction of sp³-hybridized carbons (Fsp3) is 0.632. The second kappa shape index (κ2) is 50.7. The van der Waals surface area contributed by atoms with E-state index >= 15 is 0 Å². The van der Waals surface area contributed by atoms with Crippen LogP contribution in [0.25, 0.3) is 0 Å². The molecule has 0 aromatic carbocycles. The molecule has 0 rings (SSSR count). The number of carbonyl (C=O) groups is 3. The molecule has 0 aliphatic rings. The van der Waals surface area contributed by atoms with Crippen molar-refractivity contribution >= 4 is 17.9 Å². The number of esters is 3. The molecule has 0 aromatic heterocycles. The van der Waals surface area contributed by atoms with Crippen LogP contribution in [-0.2, 0) is 28.6 Å². The predicted octanol–water partition coefficient (Wildman–Crippen LogP) is 16.8. The van der Waals surface area contributed by atoms with Gasteiger partial charge in [0.1, 0.15) is 13.2 Å². The van der Waals surface area contributed by atoms with Crippen LogP contribution >= 0.6 is 0 Å². The maximum absolute atomic E-state index is 12.8. The molecule has 0 aliphatic heterocycles. The largest absolute Gasteiger partial charge is 0.462 e. The van der Waals surface area contributed by atoms with Gasteiger partial charge in [-0.25, -0.2) is 0 Å². The van der Waals surface area contributed by atoms with Gasteiger partial charge in [-0.1, -0.05) is 214 Å². The van der Waals surface area contributed by atoms with Crippen molar-refractivity contribution in [1.82, 2.24) is 0 Å². The first-order chi connectivity index (χ1) is 31.0. The number of unbranched alkanes of at least 4 members (excludes halogenated alkanes) is 20. The summed E-state index contributed by atoms with van der Waals surface area (Å²) < 4.78 is 16.7. The third-order valence-electron chi connectivity index (χ3n) is 10.4. The zero-order valence-corrected chi connectivity index (χ0v) is 40.5. The zero-order chi connectivity index (χ0) is 45.8. The molecule has 0 amide bonds. The molecule has 356 valence electrons. The highest BCUT2D eigenvalue weighted by Crippen LogP contribution is 2.13. The molecule has 0 saturated carbocycles. The fourth-order valence-electron chi connectivity index (χ4n) is 6.55. The van der Waals surface area contributed by atoms with E-state index in [1.807, 2.05) is 54.7 Å². The van der Waals surface area contributed by atoms with Gasteiger partial charge in [0.2, 0.25) is 0 Å². The minimum atomic E-state index is -0.818. The summed E-state index contributed by atoms with van der Waals surface area (Å²) in [6.07, 6.45) is 67.9. The number of allylic oxidation sites excluding steroid dienone is 18. The Morgan fingerprint density at radius 1 is 0.349 bits per heavy atom. The van der Waals surface area contributed by atoms with E-state index in [-0.39, 0.29) is 37.5 Å². The van der Waals surface area contributed by atoms with Crippen molar-refractivity contribution in [3.63, 3.8) is 0 Å². The summed E-state index contributed by atoms with van der Waals surface area (Å²) in [6.45, 7) is 6.34. The zero-order valence-electron chi connectivity index (χ0n) is 40.5. The van der Waals surface area contributed by atoms with E-state index in [0.29, 0.717) is 19.3 Å². The normalized spacial score (nSPS) is 13.0. The van der Waals surface area contributed by atoms with E-state index in [0.717, 1.165) is 83.5 Å². The number of hydrogen-bond acceptors (Lipinski definition) is 6. The molecule has 0 heterocycles. The maximum Gasteiger partial charge on any atom is 0.306 e. The van der Waals surface area contributed by atoms with Crippen LogP contribution in [0, 0.1) is 0 Å². The molecule has 0 aromatic rings. The molecule has 1 atom stereocenters. The second-order valence-electron chi connectivity index (χ2n) is 16.5. The Hall–Kier alpha value is -3.93. The number of carbonyl (C=O) groups excluding carboxylic acids is 3. The van der Waals surface area contributed by atoms with Crippen LogP contribution in [0.2, 0.25) is 0 Å². The Labute approximate surface area is 387 Å². The Morgan fingerprint density at radius 3 is 1.17 bits per heavy atom. The summed E-state index contributed by atoms with van der Waals surface area (Å²) >= 11 is 0. The lowest BCUT2D eigenvalue weighted by Crippen LogP contribution is -2.30. The summed E-state index contributed by atoms with van der Waals surface area (Å²) in [5.74, 6) is -1.01. The molecule has 6 nitrogen and oxygen atoms in total. The van der Waals surface area contributed by atoms with Crippen LogP contribution in [-0.4, -0.2) is 37.2 Å². The first kappa shape index (κ1) is 59.1. The summed E-state index contributed by atoms with van der Waals surface area (Å²) in [7, 11) is 0. The molecule has 0 bridgehead atoms. The highest BCUT2D eigenvalue weighted by Gasteiger charge is 2.19. The summed E-state index contributed by atoms with van der Waals surface area (Å²) in [6, 6.07) is 0. The topological polar surface area (TPSA) is 78.9 Å². The first-order valence-corrected chi connectivity index (χ1v) is 25.5. The highest BCUT2D eigenvalue weighted by molar-refractivity contribution is 5.71. The maximum atomic E-state index is 12.8. The molecule has 63 heavy (non-hydrogen) atoms. The lowest BCUT2D eigenvalue weighted by atomic mass is 10.1. The van der Waals surface area contributed by atoms with E-state index in [1.54, 1.807) is 0 Å². The lowest BCUT2D eigenvalue weighted by Gasteiger charge is -2.18. The molecule has 0 saturated heterocycles. The molecule has 0 fully saturated rings. The van der Waals surface area contributed by atoms with Gasteiger partial charge in [-0.2, -0.15) is 0 Å². The third-order valence-corrected chi connectivity index (χ3v) is 10.4. The van der Waals surface area contributed by atoms with Crippen molar-refractivity contribution in [2.45, 2.75) is 219 Å². The van der Waals surface area contributed by atoms with E-state index in [9.17, 15) is 14.4 Å². The highest BCUT2D eigenvalue weighted by atomic mass is 16.6. The molecule has 0 N–H and O–H groups in total. The molecular formula is C57H92O6. The number of ether oxygens (including phenoxy) is 3. The van der Waals surface area contributed by atoms with Crippen molar-refractivity contribution in [3.8, 4) is 0 Å². The molecule has 0 aliphatic carbocycles.